The van der Waals surface area contributed by atoms with E-state index in [0.717, 1.165) is 17.7 Å². The minimum atomic E-state index is -3.20. The Morgan fingerprint density at radius 1 is 1.44 bits per heavy atom. The molecule has 0 aliphatic heterocycles. The first-order chi connectivity index (χ1) is 7.61. The number of hydrogen-bond acceptors (Lipinski definition) is 3. The number of alkyl halides is 1. The van der Waals surface area contributed by atoms with Crippen molar-refractivity contribution < 1.29 is 8.42 Å². The van der Waals surface area contributed by atoms with Gasteiger partial charge >= 0.3 is 0 Å². The average Bonchev–Trinajstić information content (AvgIpc) is 2.73. The molecule has 1 aromatic rings. The molecule has 0 atom stereocenters. The molecule has 90 valence electrons. The van der Waals surface area contributed by atoms with Gasteiger partial charge in [-0.1, -0.05) is 0 Å². The van der Waals surface area contributed by atoms with Gasteiger partial charge < -0.3 is 0 Å². The van der Waals surface area contributed by atoms with E-state index in [1.54, 1.807) is 11.3 Å². The second-order valence-electron chi connectivity index (χ2n) is 3.84. The van der Waals surface area contributed by atoms with Crippen LogP contribution in [0.15, 0.2) is 6.07 Å². The maximum absolute atomic E-state index is 11.4. The summed E-state index contributed by atoms with van der Waals surface area (Å²) in [5.74, 6) is 0.121. The Hall–Kier alpha value is -0.100. The first-order valence-electron chi connectivity index (χ1n) is 5.24. The van der Waals surface area contributed by atoms with E-state index >= 15 is 0 Å². The predicted octanol–water partition coefficient (Wildman–Crippen LogP) is 1.89. The third kappa shape index (κ3) is 2.97. The zero-order valence-corrected chi connectivity index (χ0v) is 11.2. The molecule has 2 rings (SSSR count). The van der Waals surface area contributed by atoms with Crippen molar-refractivity contribution in [2.75, 3.05) is 11.6 Å². The lowest BCUT2D eigenvalue weighted by atomic mass is 10.2. The summed E-state index contributed by atoms with van der Waals surface area (Å²) in [6.07, 6.45) is 3.52. The number of aryl methyl sites for hydroxylation is 2. The summed E-state index contributed by atoms with van der Waals surface area (Å²) in [7, 11) is -3.20. The van der Waals surface area contributed by atoms with Crippen molar-refractivity contribution in [2.45, 2.75) is 25.8 Å². The smallest absolute Gasteiger partial charge is 0.212 e. The van der Waals surface area contributed by atoms with Gasteiger partial charge in [0, 0.05) is 22.2 Å². The lowest BCUT2D eigenvalue weighted by Gasteiger charge is -2.02. The van der Waals surface area contributed by atoms with Crippen LogP contribution in [0.4, 0.5) is 0 Å². The van der Waals surface area contributed by atoms with E-state index in [4.69, 9.17) is 11.6 Å². The summed E-state index contributed by atoms with van der Waals surface area (Å²) < 4.78 is 25.3. The highest BCUT2D eigenvalue weighted by Crippen LogP contribution is 2.30. The molecule has 0 unspecified atom stereocenters. The normalized spacial score (nSPS) is 15.3. The number of fused-ring (bicyclic) bond motifs is 1. The van der Waals surface area contributed by atoms with Crippen molar-refractivity contribution in [1.29, 1.82) is 0 Å². The van der Waals surface area contributed by atoms with Crippen LogP contribution in [-0.2, 0) is 29.4 Å². The Morgan fingerprint density at radius 2 is 2.25 bits per heavy atom. The van der Waals surface area contributed by atoms with Crippen LogP contribution in [0.2, 0.25) is 0 Å². The van der Waals surface area contributed by atoms with Crippen LogP contribution < -0.4 is 4.72 Å². The average molecular weight is 280 g/mol. The number of nitrogens with one attached hydrogen (secondary N) is 1. The number of hydrogen-bond donors (Lipinski definition) is 1. The van der Waals surface area contributed by atoms with Gasteiger partial charge in [-0.3, -0.25) is 0 Å². The lowest BCUT2D eigenvalue weighted by molar-refractivity contribution is 0.583. The van der Waals surface area contributed by atoms with Gasteiger partial charge in [0.1, 0.15) is 0 Å². The molecule has 6 heteroatoms. The van der Waals surface area contributed by atoms with Gasteiger partial charge in [0.15, 0.2) is 0 Å². The summed E-state index contributed by atoms with van der Waals surface area (Å²) in [5.41, 5.74) is 1.40. The van der Waals surface area contributed by atoms with Gasteiger partial charge in [-0.15, -0.1) is 22.9 Å². The molecule has 0 bridgehead atoms. The molecule has 1 aromatic heterocycles. The third-order valence-corrected chi connectivity index (χ3v) is 5.59. The van der Waals surface area contributed by atoms with Gasteiger partial charge in [-0.25, -0.2) is 13.1 Å². The number of sulfonamides is 1. The second kappa shape index (κ2) is 5.04. The van der Waals surface area contributed by atoms with Gasteiger partial charge in [0.05, 0.1) is 5.75 Å². The molecule has 3 nitrogen and oxygen atoms in total. The summed E-state index contributed by atoms with van der Waals surface area (Å²) in [6.45, 7) is 0.400. The van der Waals surface area contributed by atoms with Crippen molar-refractivity contribution in [3.05, 3.63) is 21.4 Å². The highest BCUT2D eigenvalue weighted by Gasteiger charge is 2.16. The van der Waals surface area contributed by atoms with Crippen LogP contribution in [0, 0.1) is 0 Å². The highest BCUT2D eigenvalue weighted by molar-refractivity contribution is 7.89. The first-order valence-corrected chi connectivity index (χ1v) is 8.25. The Labute approximate surface area is 105 Å². The molecular weight excluding hydrogens is 266 g/mol. The van der Waals surface area contributed by atoms with Gasteiger partial charge in [0.2, 0.25) is 10.0 Å². The molecule has 0 aromatic carbocycles. The molecule has 0 spiro atoms. The van der Waals surface area contributed by atoms with Gasteiger partial charge in [-0.05, 0) is 30.9 Å². The molecule has 16 heavy (non-hydrogen) atoms. The molecule has 1 heterocycles. The molecule has 1 aliphatic rings. The summed E-state index contributed by atoms with van der Waals surface area (Å²) in [4.78, 5) is 2.52. The molecular formula is C10H14ClNO2S2. The minimum Gasteiger partial charge on any atom is -0.212 e. The van der Waals surface area contributed by atoms with Crippen molar-refractivity contribution in [3.63, 3.8) is 0 Å². The molecule has 0 radical (unpaired) electrons. The predicted molar refractivity (Wildman–Crippen MR) is 67.7 cm³/mol. The van der Waals surface area contributed by atoms with Crippen molar-refractivity contribution in [3.8, 4) is 0 Å². The van der Waals surface area contributed by atoms with Crippen LogP contribution in [0.1, 0.15) is 21.7 Å². The van der Waals surface area contributed by atoms with E-state index in [2.05, 4.69) is 10.8 Å². The monoisotopic (exact) mass is 279 g/mol. The van der Waals surface area contributed by atoms with Crippen molar-refractivity contribution >= 4 is 33.0 Å². The highest BCUT2D eigenvalue weighted by atomic mass is 35.5. The number of halogens is 1. The zero-order valence-electron chi connectivity index (χ0n) is 8.83. The molecule has 0 fully saturated rings. The Morgan fingerprint density at radius 3 is 2.94 bits per heavy atom. The van der Waals surface area contributed by atoms with E-state index in [9.17, 15) is 8.42 Å². The topological polar surface area (TPSA) is 46.2 Å². The summed E-state index contributed by atoms with van der Waals surface area (Å²) >= 11 is 7.13. The van der Waals surface area contributed by atoms with Crippen LogP contribution in [0.3, 0.4) is 0 Å². The van der Waals surface area contributed by atoms with Crippen LogP contribution in [0.5, 0.6) is 0 Å². The standard InChI is InChI=1S/C10H14ClNO2S2/c11-4-5-16(13,14)12-7-9-6-8-2-1-3-10(8)15-9/h6,12H,1-5,7H2. The van der Waals surface area contributed by atoms with Crippen molar-refractivity contribution in [1.82, 2.24) is 4.72 Å². The van der Waals surface area contributed by atoms with E-state index in [-0.39, 0.29) is 11.6 Å². The maximum atomic E-state index is 11.4. The van der Waals surface area contributed by atoms with Crippen LogP contribution >= 0.6 is 22.9 Å². The molecule has 0 amide bonds. The summed E-state index contributed by atoms with van der Waals surface area (Å²) in [5, 5.41) is 0. The van der Waals surface area contributed by atoms with Gasteiger partial charge in [0.25, 0.3) is 0 Å². The third-order valence-electron chi connectivity index (χ3n) is 2.61. The van der Waals surface area contributed by atoms with E-state index in [1.165, 1.54) is 16.9 Å². The number of thiophene rings is 1. The SMILES string of the molecule is O=S(=O)(CCCl)NCc1cc2c(s1)CCC2. The first kappa shape index (κ1) is 12.4. The van der Waals surface area contributed by atoms with E-state index < -0.39 is 10.0 Å². The quantitative estimate of drug-likeness (QED) is 0.837. The second-order valence-corrected chi connectivity index (χ2v) is 7.37. The maximum Gasteiger partial charge on any atom is 0.213 e. The lowest BCUT2D eigenvalue weighted by Crippen LogP contribution is -2.26. The van der Waals surface area contributed by atoms with E-state index in [1.807, 2.05) is 0 Å². The fourth-order valence-corrected chi connectivity index (χ4v) is 4.46. The fourth-order valence-electron chi connectivity index (χ4n) is 1.83. The number of rotatable bonds is 5. The fraction of sp³-hybridized carbons (Fsp3) is 0.600. The molecule has 0 saturated carbocycles. The van der Waals surface area contributed by atoms with Gasteiger partial charge in [-0.2, -0.15) is 0 Å². The minimum absolute atomic E-state index is 0.0142. The van der Waals surface area contributed by atoms with Crippen LogP contribution in [-0.4, -0.2) is 20.1 Å². The largest absolute Gasteiger partial charge is 0.213 e. The molecule has 1 N–H and O–H groups in total. The summed E-state index contributed by atoms with van der Waals surface area (Å²) in [6, 6.07) is 2.12. The van der Waals surface area contributed by atoms with Crippen LogP contribution in [0.25, 0.3) is 0 Å². The van der Waals surface area contributed by atoms with E-state index in [0.29, 0.717) is 6.54 Å². The Bertz CT molecular complexity index is 446. The van der Waals surface area contributed by atoms with Crippen molar-refractivity contribution in [2.24, 2.45) is 0 Å². The molecule has 1 aliphatic carbocycles. The zero-order chi connectivity index (χ0) is 11.6. The molecule has 0 saturated heterocycles. The Kier molecular flexibility index (Phi) is 3.89. The Balaban J connectivity index is 1.95.